The second-order valence-corrected chi connectivity index (χ2v) is 10.5. The molecule has 1 saturated carbocycles. The fraction of sp³-hybridized carbons (Fsp3) is 0.519. The number of aromatic nitrogens is 2. The van der Waals surface area contributed by atoms with Gasteiger partial charge in [-0.2, -0.15) is 0 Å². The topological polar surface area (TPSA) is 140 Å². The number of hydrogen-bond donors (Lipinski definition) is 3. The highest BCUT2D eigenvalue weighted by Gasteiger charge is 2.30. The van der Waals surface area contributed by atoms with E-state index < -0.39 is 29.5 Å². The van der Waals surface area contributed by atoms with Crippen LogP contribution in [-0.4, -0.2) is 58.0 Å². The lowest BCUT2D eigenvalue weighted by atomic mass is 10.1. The molecule has 3 amide bonds. The number of nitrogens with zero attached hydrogens (tertiary/aromatic N) is 3. The van der Waals surface area contributed by atoms with E-state index in [9.17, 15) is 18.8 Å². The highest BCUT2D eigenvalue weighted by atomic mass is 19.1. The Bertz CT molecular complexity index is 1210. The third-order valence-electron chi connectivity index (χ3n) is 6.11. The van der Waals surface area contributed by atoms with Gasteiger partial charge >= 0.3 is 6.09 Å². The molecule has 0 bridgehead atoms. The van der Waals surface area contributed by atoms with Crippen molar-refractivity contribution in [2.75, 3.05) is 18.9 Å². The molecule has 1 atom stereocenters. The molecule has 1 fully saturated rings. The maximum absolute atomic E-state index is 14.5. The second kappa shape index (κ2) is 11.7. The highest BCUT2D eigenvalue weighted by molar-refractivity contribution is 5.96. The zero-order chi connectivity index (χ0) is 28.2. The van der Waals surface area contributed by atoms with E-state index >= 15 is 0 Å². The van der Waals surface area contributed by atoms with E-state index in [2.05, 4.69) is 20.6 Å². The Morgan fingerprint density at radius 3 is 2.47 bits per heavy atom. The molecular weight excluding hydrogens is 491 g/mol. The van der Waals surface area contributed by atoms with E-state index in [4.69, 9.17) is 10.5 Å². The number of anilines is 2. The summed E-state index contributed by atoms with van der Waals surface area (Å²) in [4.78, 5) is 47.2. The van der Waals surface area contributed by atoms with Crippen molar-refractivity contribution in [3.8, 4) is 0 Å². The quantitative estimate of drug-likeness (QED) is 0.426. The lowest BCUT2D eigenvalue weighted by molar-refractivity contribution is -0.125. The number of halogens is 1. The number of amides is 3. The molecule has 206 valence electrons. The number of hydrogen-bond acceptors (Lipinski definition) is 7. The predicted molar refractivity (Wildman–Crippen MR) is 142 cm³/mol. The summed E-state index contributed by atoms with van der Waals surface area (Å²) < 4.78 is 19.8. The van der Waals surface area contributed by atoms with Crippen LogP contribution in [0.1, 0.15) is 80.8 Å². The molecule has 0 spiro atoms. The zero-order valence-electron chi connectivity index (χ0n) is 22.9. The van der Waals surface area contributed by atoms with Crippen LogP contribution in [0.15, 0.2) is 18.2 Å². The van der Waals surface area contributed by atoms with Crippen molar-refractivity contribution >= 4 is 29.4 Å². The first-order chi connectivity index (χ1) is 17.8. The Kier molecular flexibility index (Phi) is 8.90. The molecule has 1 heterocycles. The molecule has 0 radical (unpaired) electrons. The number of likely N-dealkylation sites (N-methyl/N-ethyl adjacent to an activating group) is 1. The van der Waals surface area contributed by atoms with Gasteiger partial charge < -0.3 is 21.1 Å². The van der Waals surface area contributed by atoms with Crippen molar-refractivity contribution in [2.45, 2.75) is 77.9 Å². The minimum Gasteiger partial charge on any atom is -0.444 e. The average Bonchev–Trinajstić information content (AvgIpc) is 3.66. The molecule has 11 heteroatoms. The second-order valence-electron chi connectivity index (χ2n) is 10.5. The monoisotopic (exact) mass is 528 g/mol. The van der Waals surface area contributed by atoms with Crippen LogP contribution in [0.25, 0.3) is 0 Å². The molecular formula is C27H37FN6O4. The molecule has 3 rings (SSSR count). The highest BCUT2D eigenvalue weighted by Crippen LogP contribution is 2.41. The molecule has 1 aromatic heterocycles. The van der Waals surface area contributed by atoms with Gasteiger partial charge in [0.1, 0.15) is 17.5 Å². The van der Waals surface area contributed by atoms with Gasteiger partial charge in [0, 0.05) is 25.2 Å². The molecule has 1 aromatic carbocycles. The number of aryl methyl sites for hydroxylation is 1. The Balaban J connectivity index is 1.67. The molecule has 0 saturated heterocycles. The molecule has 0 aliphatic heterocycles. The van der Waals surface area contributed by atoms with Crippen molar-refractivity contribution in [1.82, 2.24) is 20.2 Å². The van der Waals surface area contributed by atoms with Crippen molar-refractivity contribution in [1.29, 1.82) is 0 Å². The van der Waals surface area contributed by atoms with Gasteiger partial charge in [-0.15, -0.1) is 0 Å². The van der Waals surface area contributed by atoms with Crippen LogP contribution in [0.5, 0.6) is 0 Å². The first kappa shape index (κ1) is 28.8. The standard InChI is InChI=1S/C27H37FN6O4/c1-7-20-21(17-8-9-17)33-24(22(32-20)23(29)35)31-19-13-16(12-18(28)14-19)10-11-30-25(36)15(2)34(6)26(37)38-27(3,4)5/h12-15,17H,7-11H2,1-6H3,(H2,29,35)(H,30,36)(H,31,33)/t15-/m0/s1. The van der Waals surface area contributed by atoms with Crippen LogP contribution >= 0.6 is 0 Å². The van der Waals surface area contributed by atoms with Crippen LogP contribution in [0.4, 0.5) is 20.7 Å². The third-order valence-corrected chi connectivity index (χ3v) is 6.11. The van der Waals surface area contributed by atoms with Gasteiger partial charge in [0.2, 0.25) is 5.91 Å². The average molecular weight is 529 g/mol. The summed E-state index contributed by atoms with van der Waals surface area (Å²) in [5.41, 5.74) is 7.46. The smallest absolute Gasteiger partial charge is 0.410 e. The summed E-state index contributed by atoms with van der Waals surface area (Å²) in [5, 5.41) is 5.78. The lowest BCUT2D eigenvalue weighted by Crippen LogP contribution is -2.47. The normalized spacial score (nSPS) is 14.0. The van der Waals surface area contributed by atoms with E-state index in [-0.39, 0.29) is 24.0 Å². The first-order valence-electron chi connectivity index (χ1n) is 12.8. The summed E-state index contributed by atoms with van der Waals surface area (Å²) in [6.45, 7) is 9.01. The minimum atomic E-state index is -0.757. The van der Waals surface area contributed by atoms with E-state index in [0.29, 0.717) is 30.0 Å². The van der Waals surface area contributed by atoms with Gasteiger partial charge in [0.15, 0.2) is 11.5 Å². The van der Waals surface area contributed by atoms with E-state index in [0.717, 1.165) is 24.2 Å². The number of nitrogens with two attached hydrogens (primary N) is 1. The van der Waals surface area contributed by atoms with Gasteiger partial charge in [-0.25, -0.2) is 19.2 Å². The maximum atomic E-state index is 14.5. The third kappa shape index (κ3) is 7.62. The fourth-order valence-electron chi connectivity index (χ4n) is 3.84. The van der Waals surface area contributed by atoms with Crippen LogP contribution in [-0.2, 0) is 22.4 Å². The summed E-state index contributed by atoms with van der Waals surface area (Å²) in [5.74, 6) is -1.07. The summed E-state index contributed by atoms with van der Waals surface area (Å²) in [6.07, 6.45) is 2.38. The Hall–Kier alpha value is -3.76. The number of benzene rings is 1. The molecule has 2 aromatic rings. The molecule has 38 heavy (non-hydrogen) atoms. The van der Waals surface area contributed by atoms with Crippen molar-refractivity contribution in [2.24, 2.45) is 5.73 Å². The first-order valence-corrected chi connectivity index (χ1v) is 12.8. The van der Waals surface area contributed by atoms with Crippen molar-refractivity contribution < 1.29 is 23.5 Å². The summed E-state index contributed by atoms with van der Waals surface area (Å²) in [7, 11) is 1.49. The SMILES string of the molecule is CCc1nc(C(N)=O)c(Nc2cc(F)cc(CCNC(=O)[C@H](C)N(C)C(=O)OC(C)(C)C)c2)nc1C1CC1. The van der Waals surface area contributed by atoms with E-state index in [1.807, 2.05) is 6.92 Å². The Morgan fingerprint density at radius 2 is 1.89 bits per heavy atom. The van der Waals surface area contributed by atoms with Gasteiger partial charge in [-0.05, 0) is 77.1 Å². The number of primary amides is 1. The number of rotatable bonds is 10. The molecule has 0 unspecified atom stereocenters. The number of ether oxygens (including phenoxy) is 1. The van der Waals surface area contributed by atoms with Gasteiger partial charge in [0.05, 0.1) is 11.4 Å². The summed E-state index contributed by atoms with van der Waals surface area (Å²) >= 11 is 0. The molecule has 1 aliphatic carbocycles. The van der Waals surface area contributed by atoms with Gasteiger partial charge in [-0.1, -0.05) is 6.92 Å². The van der Waals surface area contributed by atoms with Crippen LogP contribution in [0.2, 0.25) is 0 Å². The molecule has 4 N–H and O–H groups in total. The number of carbonyl (C=O) groups excluding carboxylic acids is 3. The fourth-order valence-corrected chi connectivity index (χ4v) is 3.84. The van der Waals surface area contributed by atoms with E-state index in [1.165, 1.54) is 24.1 Å². The van der Waals surface area contributed by atoms with Crippen molar-refractivity contribution in [3.63, 3.8) is 0 Å². The van der Waals surface area contributed by atoms with Gasteiger partial charge in [-0.3, -0.25) is 14.5 Å². The zero-order valence-corrected chi connectivity index (χ0v) is 22.9. The largest absolute Gasteiger partial charge is 0.444 e. The summed E-state index contributed by atoms with van der Waals surface area (Å²) in [6, 6.07) is 3.61. The maximum Gasteiger partial charge on any atom is 0.410 e. The molecule has 1 aliphatic rings. The van der Waals surface area contributed by atoms with E-state index in [1.54, 1.807) is 33.8 Å². The van der Waals surface area contributed by atoms with Crippen LogP contribution in [0.3, 0.4) is 0 Å². The van der Waals surface area contributed by atoms with Crippen molar-refractivity contribution in [3.05, 3.63) is 46.7 Å². The Morgan fingerprint density at radius 1 is 1.21 bits per heavy atom. The van der Waals surface area contributed by atoms with Crippen LogP contribution in [0, 0.1) is 5.82 Å². The molecule has 10 nitrogen and oxygen atoms in total. The number of nitrogens with one attached hydrogen (secondary N) is 2. The van der Waals surface area contributed by atoms with Gasteiger partial charge in [0.25, 0.3) is 5.91 Å². The minimum absolute atomic E-state index is 0.00687. The van der Waals surface area contributed by atoms with Crippen LogP contribution < -0.4 is 16.4 Å². The number of carbonyl (C=O) groups is 3. The lowest BCUT2D eigenvalue weighted by Gasteiger charge is -2.28. The predicted octanol–water partition coefficient (Wildman–Crippen LogP) is 3.81. The Labute approximate surface area is 222 Å².